The van der Waals surface area contributed by atoms with Gasteiger partial charge in [0.2, 0.25) is 5.91 Å². The SMILES string of the molecule is CCC1(C(=O)N2CCCC[C@H]2C(=O)O)CCCN1. The Morgan fingerprint density at radius 3 is 2.72 bits per heavy atom. The maximum absolute atomic E-state index is 12.7. The lowest BCUT2D eigenvalue weighted by atomic mass is 9.90. The monoisotopic (exact) mass is 254 g/mol. The van der Waals surface area contributed by atoms with Crippen molar-refractivity contribution in [1.29, 1.82) is 0 Å². The number of carbonyl (C=O) groups excluding carboxylic acids is 1. The maximum Gasteiger partial charge on any atom is 0.326 e. The molecular weight excluding hydrogens is 232 g/mol. The van der Waals surface area contributed by atoms with Crippen molar-refractivity contribution in [3.63, 3.8) is 0 Å². The van der Waals surface area contributed by atoms with Crippen LogP contribution in [-0.4, -0.2) is 46.6 Å². The van der Waals surface area contributed by atoms with Crippen LogP contribution in [0.15, 0.2) is 0 Å². The third kappa shape index (κ3) is 2.23. The minimum absolute atomic E-state index is 0.00500. The first-order chi connectivity index (χ1) is 8.60. The molecule has 2 fully saturated rings. The summed E-state index contributed by atoms with van der Waals surface area (Å²) in [5, 5.41) is 12.5. The number of carbonyl (C=O) groups is 2. The number of hydrogen-bond donors (Lipinski definition) is 2. The summed E-state index contributed by atoms with van der Waals surface area (Å²) in [5.41, 5.74) is -0.509. The largest absolute Gasteiger partial charge is 0.480 e. The molecule has 5 heteroatoms. The molecule has 2 aliphatic heterocycles. The first kappa shape index (κ1) is 13.3. The van der Waals surface area contributed by atoms with Crippen molar-refractivity contribution in [2.45, 2.75) is 57.0 Å². The van der Waals surface area contributed by atoms with Crippen LogP contribution >= 0.6 is 0 Å². The van der Waals surface area contributed by atoms with Gasteiger partial charge in [0.15, 0.2) is 0 Å². The Morgan fingerprint density at radius 1 is 1.39 bits per heavy atom. The molecule has 2 N–H and O–H groups in total. The summed E-state index contributed by atoms with van der Waals surface area (Å²) >= 11 is 0. The van der Waals surface area contributed by atoms with Gasteiger partial charge in [-0.05, 0) is 45.1 Å². The highest BCUT2D eigenvalue weighted by Gasteiger charge is 2.45. The van der Waals surface area contributed by atoms with Crippen LogP contribution < -0.4 is 5.32 Å². The number of piperidine rings is 1. The van der Waals surface area contributed by atoms with E-state index in [0.717, 1.165) is 38.6 Å². The fourth-order valence-corrected chi connectivity index (χ4v) is 3.15. The van der Waals surface area contributed by atoms with Crippen LogP contribution in [0, 0.1) is 0 Å². The number of rotatable bonds is 3. The number of nitrogens with zero attached hydrogens (tertiary/aromatic N) is 1. The Bertz CT molecular complexity index is 337. The van der Waals surface area contributed by atoms with Crippen molar-refractivity contribution in [2.75, 3.05) is 13.1 Å². The van der Waals surface area contributed by atoms with Crippen molar-refractivity contribution < 1.29 is 14.7 Å². The summed E-state index contributed by atoms with van der Waals surface area (Å²) in [6.45, 7) is 3.43. The maximum atomic E-state index is 12.7. The summed E-state index contributed by atoms with van der Waals surface area (Å²) < 4.78 is 0. The zero-order valence-corrected chi connectivity index (χ0v) is 10.9. The summed E-state index contributed by atoms with van der Waals surface area (Å²) in [5.74, 6) is -0.873. The van der Waals surface area contributed by atoms with E-state index in [1.54, 1.807) is 4.90 Å². The number of hydrogen-bond acceptors (Lipinski definition) is 3. The molecule has 2 aliphatic rings. The number of carboxylic acid groups (broad SMARTS) is 1. The van der Waals surface area contributed by atoms with Gasteiger partial charge in [0.25, 0.3) is 0 Å². The highest BCUT2D eigenvalue weighted by molar-refractivity contribution is 5.90. The Morgan fingerprint density at radius 2 is 2.17 bits per heavy atom. The molecule has 18 heavy (non-hydrogen) atoms. The van der Waals surface area contributed by atoms with Gasteiger partial charge in [-0.15, -0.1) is 0 Å². The van der Waals surface area contributed by atoms with Gasteiger partial charge in [-0.2, -0.15) is 0 Å². The highest BCUT2D eigenvalue weighted by atomic mass is 16.4. The van der Waals surface area contributed by atoms with Gasteiger partial charge in [-0.25, -0.2) is 4.79 Å². The molecule has 0 bridgehead atoms. The van der Waals surface area contributed by atoms with Gasteiger partial charge in [-0.3, -0.25) is 4.79 Å². The first-order valence-electron chi connectivity index (χ1n) is 6.89. The van der Waals surface area contributed by atoms with Crippen LogP contribution in [0.25, 0.3) is 0 Å². The molecule has 0 spiro atoms. The average molecular weight is 254 g/mol. The molecule has 2 heterocycles. The molecule has 0 radical (unpaired) electrons. The Labute approximate surface area is 108 Å². The number of amides is 1. The van der Waals surface area contributed by atoms with Gasteiger partial charge in [0.1, 0.15) is 6.04 Å². The van der Waals surface area contributed by atoms with Crippen molar-refractivity contribution in [2.24, 2.45) is 0 Å². The van der Waals surface area contributed by atoms with Crippen molar-refractivity contribution in [1.82, 2.24) is 10.2 Å². The average Bonchev–Trinajstić information content (AvgIpc) is 2.87. The lowest BCUT2D eigenvalue weighted by molar-refractivity contribution is -0.155. The molecular formula is C13H22N2O3. The summed E-state index contributed by atoms with van der Waals surface area (Å²) in [4.78, 5) is 25.5. The van der Waals surface area contributed by atoms with Crippen molar-refractivity contribution in [3.05, 3.63) is 0 Å². The zero-order chi connectivity index (χ0) is 13.2. The normalized spacial score (nSPS) is 32.5. The van der Waals surface area contributed by atoms with E-state index in [2.05, 4.69) is 5.32 Å². The van der Waals surface area contributed by atoms with Crippen LogP contribution in [0.5, 0.6) is 0 Å². The first-order valence-corrected chi connectivity index (χ1v) is 6.89. The van der Waals surface area contributed by atoms with Gasteiger partial charge >= 0.3 is 5.97 Å². The van der Waals surface area contributed by atoms with E-state index in [9.17, 15) is 14.7 Å². The molecule has 1 amide bonds. The summed E-state index contributed by atoms with van der Waals surface area (Å²) in [6.07, 6.45) is 4.94. The number of carboxylic acids is 1. The molecule has 5 nitrogen and oxygen atoms in total. The standard InChI is InChI=1S/C13H22N2O3/c1-2-13(7-5-8-14-13)12(18)15-9-4-3-6-10(15)11(16)17/h10,14H,2-9H2,1H3,(H,16,17)/t10-,13?/m0/s1. The summed E-state index contributed by atoms with van der Waals surface area (Å²) in [6, 6.07) is -0.628. The van der Waals surface area contributed by atoms with E-state index in [0.29, 0.717) is 13.0 Å². The third-order valence-electron chi connectivity index (χ3n) is 4.31. The van der Waals surface area contributed by atoms with Crippen LogP contribution in [0.3, 0.4) is 0 Å². The van der Waals surface area contributed by atoms with Crippen LogP contribution in [0.4, 0.5) is 0 Å². The Balaban J connectivity index is 2.17. The summed E-state index contributed by atoms with van der Waals surface area (Å²) in [7, 11) is 0. The second kappa shape index (κ2) is 5.26. The fraction of sp³-hybridized carbons (Fsp3) is 0.846. The smallest absolute Gasteiger partial charge is 0.326 e. The van der Waals surface area contributed by atoms with E-state index in [1.165, 1.54) is 0 Å². The van der Waals surface area contributed by atoms with E-state index >= 15 is 0 Å². The lowest BCUT2D eigenvalue weighted by Crippen LogP contribution is -2.59. The van der Waals surface area contributed by atoms with Crippen LogP contribution in [-0.2, 0) is 9.59 Å². The zero-order valence-electron chi connectivity index (χ0n) is 10.9. The molecule has 0 saturated carbocycles. The quantitative estimate of drug-likeness (QED) is 0.788. The second-order valence-corrected chi connectivity index (χ2v) is 5.31. The predicted molar refractivity (Wildman–Crippen MR) is 67.2 cm³/mol. The van der Waals surface area contributed by atoms with Crippen LogP contribution in [0.2, 0.25) is 0 Å². The predicted octanol–water partition coefficient (Wildman–Crippen LogP) is 0.984. The molecule has 0 aromatic rings. The third-order valence-corrected chi connectivity index (χ3v) is 4.31. The molecule has 102 valence electrons. The minimum atomic E-state index is -0.868. The lowest BCUT2D eigenvalue weighted by Gasteiger charge is -2.39. The molecule has 0 aromatic carbocycles. The van der Waals surface area contributed by atoms with E-state index in [4.69, 9.17) is 0 Å². The molecule has 2 rings (SSSR count). The molecule has 0 aliphatic carbocycles. The highest BCUT2D eigenvalue weighted by Crippen LogP contribution is 2.29. The van der Waals surface area contributed by atoms with Gasteiger partial charge in [0.05, 0.1) is 5.54 Å². The van der Waals surface area contributed by atoms with Crippen molar-refractivity contribution >= 4 is 11.9 Å². The second-order valence-electron chi connectivity index (χ2n) is 5.31. The topological polar surface area (TPSA) is 69.6 Å². The van der Waals surface area contributed by atoms with E-state index in [1.807, 2.05) is 6.92 Å². The van der Waals surface area contributed by atoms with E-state index < -0.39 is 17.6 Å². The van der Waals surface area contributed by atoms with Gasteiger partial charge in [-0.1, -0.05) is 6.92 Å². The molecule has 2 saturated heterocycles. The number of likely N-dealkylation sites (tertiary alicyclic amines) is 1. The van der Waals surface area contributed by atoms with Gasteiger partial charge < -0.3 is 15.3 Å². The number of nitrogens with one attached hydrogen (secondary N) is 1. The van der Waals surface area contributed by atoms with Crippen molar-refractivity contribution in [3.8, 4) is 0 Å². The number of aliphatic carboxylic acids is 1. The molecule has 1 unspecified atom stereocenters. The molecule has 2 atom stereocenters. The van der Waals surface area contributed by atoms with Crippen LogP contribution in [0.1, 0.15) is 45.4 Å². The molecule has 0 aromatic heterocycles. The van der Waals surface area contributed by atoms with Gasteiger partial charge in [0, 0.05) is 6.54 Å². The Kier molecular flexibility index (Phi) is 3.90. The fourth-order valence-electron chi connectivity index (χ4n) is 3.15. The minimum Gasteiger partial charge on any atom is -0.480 e. The van der Waals surface area contributed by atoms with E-state index in [-0.39, 0.29) is 5.91 Å². The Hall–Kier alpha value is -1.10.